The van der Waals surface area contributed by atoms with Gasteiger partial charge in [-0.05, 0) is 37.8 Å². The number of anilines is 1. The van der Waals surface area contributed by atoms with Gasteiger partial charge in [0, 0.05) is 18.7 Å². The first-order valence-electron chi connectivity index (χ1n) is 8.16. The van der Waals surface area contributed by atoms with Gasteiger partial charge in [0.15, 0.2) is 0 Å². The Balaban J connectivity index is 1.70. The Morgan fingerprint density at radius 1 is 1.43 bits per heavy atom. The van der Waals surface area contributed by atoms with Crippen molar-refractivity contribution >= 4 is 23.4 Å². The standard InChI is InChI=1S/C17H22N4OS/c1-3-7-15-18-17(20-19-15)23-12(2)16(22)21-11-6-9-13-8-4-5-10-14(13)21/h4-5,8,10,12H,3,6-7,9,11H2,1-2H3,(H,18,19,20). The van der Waals surface area contributed by atoms with E-state index in [9.17, 15) is 4.79 Å². The highest BCUT2D eigenvalue weighted by atomic mass is 32.2. The fraction of sp³-hybridized carbons (Fsp3) is 0.471. The number of aryl methyl sites for hydroxylation is 2. The summed E-state index contributed by atoms with van der Waals surface area (Å²) in [6.45, 7) is 4.82. The van der Waals surface area contributed by atoms with Crippen LogP contribution in [-0.4, -0.2) is 32.9 Å². The van der Waals surface area contributed by atoms with Gasteiger partial charge in [-0.25, -0.2) is 4.98 Å². The molecule has 2 aromatic rings. The van der Waals surface area contributed by atoms with E-state index < -0.39 is 0 Å². The maximum atomic E-state index is 12.8. The second kappa shape index (κ2) is 7.17. The molecule has 1 aromatic carbocycles. The number of aromatic amines is 1. The van der Waals surface area contributed by atoms with Crippen LogP contribution in [0.3, 0.4) is 0 Å². The minimum absolute atomic E-state index is 0.129. The average molecular weight is 330 g/mol. The quantitative estimate of drug-likeness (QED) is 0.855. The summed E-state index contributed by atoms with van der Waals surface area (Å²) in [7, 11) is 0. The molecule has 0 aliphatic carbocycles. The largest absolute Gasteiger partial charge is 0.311 e. The fourth-order valence-electron chi connectivity index (χ4n) is 2.87. The van der Waals surface area contributed by atoms with Crippen LogP contribution < -0.4 is 4.90 Å². The van der Waals surface area contributed by atoms with Crippen LogP contribution in [0.15, 0.2) is 29.4 Å². The first-order valence-corrected chi connectivity index (χ1v) is 9.04. The fourth-order valence-corrected chi connectivity index (χ4v) is 3.68. The molecule has 0 spiro atoms. The molecular formula is C17H22N4OS. The molecule has 1 aromatic heterocycles. The van der Waals surface area contributed by atoms with Gasteiger partial charge in [-0.2, -0.15) is 0 Å². The highest BCUT2D eigenvalue weighted by Crippen LogP contribution is 2.30. The topological polar surface area (TPSA) is 61.9 Å². The Hall–Kier alpha value is -1.82. The van der Waals surface area contributed by atoms with Crippen molar-refractivity contribution in [2.45, 2.75) is 49.9 Å². The molecule has 1 atom stereocenters. The minimum atomic E-state index is -0.202. The predicted octanol–water partition coefficient (Wildman–Crippen LogP) is 3.22. The Labute approximate surface area is 140 Å². The van der Waals surface area contributed by atoms with Gasteiger partial charge in [0.25, 0.3) is 0 Å². The second-order valence-corrected chi connectivity index (χ2v) is 7.10. The van der Waals surface area contributed by atoms with E-state index in [2.05, 4.69) is 28.2 Å². The number of nitrogens with zero attached hydrogens (tertiary/aromatic N) is 3. The van der Waals surface area contributed by atoms with Crippen molar-refractivity contribution in [1.29, 1.82) is 0 Å². The number of carbonyl (C=O) groups excluding carboxylic acids is 1. The van der Waals surface area contributed by atoms with Crippen LogP contribution in [0, 0.1) is 0 Å². The molecule has 1 aliphatic heterocycles. The van der Waals surface area contributed by atoms with Crippen LogP contribution in [0.5, 0.6) is 0 Å². The lowest BCUT2D eigenvalue weighted by atomic mass is 10.0. The zero-order valence-corrected chi connectivity index (χ0v) is 14.4. The van der Waals surface area contributed by atoms with Gasteiger partial charge in [0.05, 0.1) is 5.25 Å². The number of amides is 1. The highest BCUT2D eigenvalue weighted by molar-refractivity contribution is 8.00. The molecule has 1 aliphatic rings. The van der Waals surface area contributed by atoms with Crippen molar-refractivity contribution in [2.24, 2.45) is 0 Å². The summed E-state index contributed by atoms with van der Waals surface area (Å²) in [6.07, 6.45) is 3.97. The monoisotopic (exact) mass is 330 g/mol. The number of nitrogens with one attached hydrogen (secondary N) is 1. The van der Waals surface area contributed by atoms with Crippen LogP contribution in [0.1, 0.15) is 38.1 Å². The Morgan fingerprint density at radius 2 is 2.26 bits per heavy atom. The normalized spacial score (nSPS) is 15.3. The molecule has 5 nitrogen and oxygen atoms in total. The Bertz CT molecular complexity index is 685. The average Bonchev–Trinajstić information content (AvgIpc) is 3.01. The number of hydrogen-bond donors (Lipinski definition) is 1. The predicted molar refractivity (Wildman–Crippen MR) is 92.8 cm³/mol. The van der Waals surface area contributed by atoms with Gasteiger partial charge in [0.2, 0.25) is 11.1 Å². The number of fused-ring (bicyclic) bond motifs is 1. The summed E-state index contributed by atoms with van der Waals surface area (Å²) in [5, 5.41) is 7.59. The lowest BCUT2D eigenvalue weighted by molar-refractivity contribution is -0.117. The van der Waals surface area contributed by atoms with Gasteiger partial charge >= 0.3 is 0 Å². The molecular weight excluding hydrogens is 308 g/mol. The van der Waals surface area contributed by atoms with E-state index in [-0.39, 0.29) is 11.2 Å². The van der Waals surface area contributed by atoms with E-state index in [1.807, 2.05) is 30.0 Å². The van der Waals surface area contributed by atoms with E-state index >= 15 is 0 Å². The molecule has 6 heteroatoms. The van der Waals surface area contributed by atoms with Crippen molar-refractivity contribution in [2.75, 3.05) is 11.4 Å². The minimum Gasteiger partial charge on any atom is -0.311 e. The lowest BCUT2D eigenvalue weighted by Crippen LogP contribution is -2.40. The van der Waals surface area contributed by atoms with Crippen molar-refractivity contribution < 1.29 is 4.79 Å². The summed E-state index contributed by atoms with van der Waals surface area (Å²) >= 11 is 1.42. The van der Waals surface area contributed by atoms with Gasteiger partial charge in [-0.3, -0.25) is 9.89 Å². The van der Waals surface area contributed by atoms with Crippen LogP contribution in [0.4, 0.5) is 5.69 Å². The van der Waals surface area contributed by atoms with E-state index in [0.29, 0.717) is 5.16 Å². The number of rotatable bonds is 5. The zero-order valence-electron chi connectivity index (χ0n) is 13.6. The number of para-hydroxylation sites is 1. The summed E-state index contributed by atoms with van der Waals surface area (Å²) in [5.74, 6) is 1.02. The van der Waals surface area contributed by atoms with E-state index in [4.69, 9.17) is 0 Å². The van der Waals surface area contributed by atoms with Gasteiger partial charge in [0.1, 0.15) is 5.82 Å². The van der Waals surface area contributed by atoms with Crippen LogP contribution in [0.25, 0.3) is 0 Å². The van der Waals surface area contributed by atoms with Crippen molar-refractivity contribution in [1.82, 2.24) is 15.2 Å². The summed E-state index contributed by atoms with van der Waals surface area (Å²) in [4.78, 5) is 19.2. The Morgan fingerprint density at radius 3 is 3.09 bits per heavy atom. The molecule has 0 fully saturated rings. The van der Waals surface area contributed by atoms with Crippen molar-refractivity contribution in [3.63, 3.8) is 0 Å². The van der Waals surface area contributed by atoms with Crippen molar-refractivity contribution in [3.8, 4) is 0 Å². The molecule has 0 radical (unpaired) electrons. The highest BCUT2D eigenvalue weighted by Gasteiger charge is 2.27. The lowest BCUT2D eigenvalue weighted by Gasteiger charge is -2.31. The molecule has 0 saturated heterocycles. The first kappa shape index (κ1) is 16.1. The van der Waals surface area contributed by atoms with Crippen molar-refractivity contribution in [3.05, 3.63) is 35.7 Å². The van der Waals surface area contributed by atoms with E-state index in [1.54, 1.807) is 0 Å². The second-order valence-electron chi connectivity index (χ2n) is 5.80. The number of H-pyrrole nitrogens is 1. The van der Waals surface area contributed by atoms with Gasteiger partial charge in [-0.1, -0.05) is 36.9 Å². The first-order chi connectivity index (χ1) is 11.2. The summed E-state index contributed by atoms with van der Waals surface area (Å²) in [6, 6.07) is 8.18. The maximum Gasteiger partial charge on any atom is 0.240 e. The summed E-state index contributed by atoms with van der Waals surface area (Å²) in [5.41, 5.74) is 2.31. The molecule has 1 amide bonds. The van der Waals surface area contributed by atoms with Crippen LogP contribution in [-0.2, 0) is 17.6 Å². The zero-order chi connectivity index (χ0) is 16.2. The molecule has 0 saturated carbocycles. The third-order valence-corrected chi connectivity index (χ3v) is 4.95. The number of thioether (sulfide) groups is 1. The molecule has 1 N–H and O–H groups in total. The number of aromatic nitrogens is 3. The Kier molecular flexibility index (Phi) is 5.00. The number of hydrogen-bond acceptors (Lipinski definition) is 4. The van der Waals surface area contributed by atoms with Crippen LogP contribution >= 0.6 is 11.8 Å². The third kappa shape index (κ3) is 3.58. The van der Waals surface area contributed by atoms with E-state index in [0.717, 1.165) is 43.7 Å². The molecule has 23 heavy (non-hydrogen) atoms. The molecule has 122 valence electrons. The van der Waals surface area contributed by atoms with Gasteiger partial charge < -0.3 is 4.90 Å². The van der Waals surface area contributed by atoms with Gasteiger partial charge in [-0.15, -0.1) is 5.10 Å². The molecule has 0 bridgehead atoms. The molecule has 1 unspecified atom stereocenters. The number of carbonyl (C=O) groups is 1. The maximum absolute atomic E-state index is 12.8. The molecule has 2 heterocycles. The summed E-state index contributed by atoms with van der Waals surface area (Å²) < 4.78 is 0. The molecule has 3 rings (SSSR count). The SMILES string of the molecule is CCCc1nc(SC(C)C(=O)N2CCCc3ccccc32)n[nH]1. The van der Waals surface area contributed by atoms with E-state index in [1.165, 1.54) is 17.3 Å². The third-order valence-electron chi connectivity index (χ3n) is 4.00. The number of benzene rings is 1. The van der Waals surface area contributed by atoms with Crippen LogP contribution in [0.2, 0.25) is 0 Å². The smallest absolute Gasteiger partial charge is 0.240 e.